The third-order valence-corrected chi connectivity index (χ3v) is 5.99. The van der Waals surface area contributed by atoms with Crippen LogP contribution in [0.15, 0.2) is 65.6 Å². The van der Waals surface area contributed by atoms with Gasteiger partial charge in [0.2, 0.25) is 10.0 Å². The number of alkyl halides is 3. The number of hydrogen-bond donors (Lipinski definition) is 2. The van der Waals surface area contributed by atoms with Crippen molar-refractivity contribution in [2.75, 3.05) is 0 Å². The first kappa shape index (κ1) is 22.0. The van der Waals surface area contributed by atoms with Gasteiger partial charge >= 0.3 is 6.18 Å². The second-order valence-corrected chi connectivity index (χ2v) is 8.80. The molecule has 10 heteroatoms. The number of aryl methyl sites for hydroxylation is 2. The second kappa shape index (κ2) is 8.03. The van der Waals surface area contributed by atoms with Crippen molar-refractivity contribution in [1.82, 2.24) is 9.97 Å². The topological polar surface area (TPSA) is 88.8 Å². The summed E-state index contributed by atoms with van der Waals surface area (Å²) < 4.78 is 76.0. The lowest BCUT2D eigenvalue weighted by Gasteiger charge is -2.09. The highest BCUT2D eigenvalue weighted by atomic mass is 32.2. The van der Waals surface area contributed by atoms with E-state index < -0.39 is 27.6 Å². The third-order valence-electron chi connectivity index (χ3n) is 5.02. The van der Waals surface area contributed by atoms with Crippen molar-refractivity contribution in [3.8, 4) is 11.1 Å². The average molecular weight is 463 g/mol. The van der Waals surface area contributed by atoms with Crippen molar-refractivity contribution in [1.29, 1.82) is 0 Å². The number of halogens is 4. The van der Waals surface area contributed by atoms with Gasteiger partial charge in [-0.3, -0.25) is 0 Å². The quantitative estimate of drug-likeness (QED) is 0.416. The monoisotopic (exact) mass is 463 g/mol. The Morgan fingerprint density at radius 2 is 1.72 bits per heavy atom. The summed E-state index contributed by atoms with van der Waals surface area (Å²) in [5.41, 5.74) is 1.35. The molecule has 0 aliphatic heterocycles. The molecule has 0 saturated carbocycles. The lowest BCUT2D eigenvalue weighted by atomic mass is 10.1. The number of aromatic amines is 1. The number of H-pyrrole nitrogens is 1. The highest BCUT2D eigenvalue weighted by molar-refractivity contribution is 7.89. The van der Waals surface area contributed by atoms with Crippen LogP contribution in [-0.4, -0.2) is 18.4 Å². The number of imidazole rings is 1. The Kier molecular flexibility index (Phi) is 5.51. The SMILES string of the molecule is NS(=O)(=O)c1ccccc1-c1ccc2nc(CCc3ccc(F)c(C(F)(F)F)c3)[nH]c2c1. The van der Waals surface area contributed by atoms with Crippen LogP contribution in [0.25, 0.3) is 22.2 Å². The predicted molar refractivity (Wildman–Crippen MR) is 112 cm³/mol. The number of nitrogens with one attached hydrogen (secondary N) is 1. The first-order valence-electron chi connectivity index (χ1n) is 9.49. The average Bonchev–Trinajstić information content (AvgIpc) is 3.14. The van der Waals surface area contributed by atoms with Gasteiger partial charge < -0.3 is 4.98 Å². The van der Waals surface area contributed by atoms with Crippen molar-refractivity contribution in [2.24, 2.45) is 5.14 Å². The Bertz CT molecular complexity index is 1410. The van der Waals surface area contributed by atoms with E-state index in [9.17, 15) is 26.0 Å². The van der Waals surface area contributed by atoms with E-state index in [1.165, 1.54) is 12.1 Å². The molecule has 0 unspecified atom stereocenters. The molecule has 3 N–H and O–H groups in total. The first-order valence-corrected chi connectivity index (χ1v) is 11.0. The van der Waals surface area contributed by atoms with E-state index in [1.807, 2.05) is 0 Å². The number of hydrogen-bond acceptors (Lipinski definition) is 3. The molecule has 0 spiro atoms. The van der Waals surface area contributed by atoms with Crippen molar-refractivity contribution in [2.45, 2.75) is 23.9 Å². The molecule has 0 aliphatic carbocycles. The molecule has 0 bridgehead atoms. The molecule has 0 aliphatic rings. The Morgan fingerprint density at radius 1 is 0.969 bits per heavy atom. The van der Waals surface area contributed by atoms with E-state index in [2.05, 4.69) is 9.97 Å². The van der Waals surface area contributed by atoms with Crippen LogP contribution in [0.2, 0.25) is 0 Å². The summed E-state index contributed by atoms with van der Waals surface area (Å²) >= 11 is 0. The number of nitrogens with zero attached hydrogens (tertiary/aromatic N) is 1. The van der Waals surface area contributed by atoms with Crippen LogP contribution < -0.4 is 5.14 Å². The molecule has 0 amide bonds. The van der Waals surface area contributed by atoms with E-state index in [-0.39, 0.29) is 11.3 Å². The molecular formula is C22H17F4N3O2S. The molecule has 0 fully saturated rings. The van der Waals surface area contributed by atoms with E-state index >= 15 is 0 Å². The maximum absolute atomic E-state index is 13.5. The molecule has 3 aromatic carbocycles. The molecule has 0 radical (unpaired) electrons. The summed E-state index contributed by atoms with van der Waals surface area (Å²) in [4.78, 5) is 7.53. The van der Waals surface area contributed by atoms with Crippen molar-refractivity contribution >= 4 is 21.1 Å². The summed E-state index contributed by atoms with van der Waals surface area (Å²) in [5, 5.41) is 5.31. The van der Waals surface area contributed by atoms with Crippen molar-refractivity contribution in [3.63, 3.8) is 0 Å². The molecule has 4 rings (SSSR count). The van der Waals surface area contributed by atoms with Crippen LogP contribution in [0.3, 0.4) is 0 Å². The number of nitrogens with two attached hydrogens (primary N) is 1. The van der Waals surface area contributed by atoms with Crippen molar-refractivity contribution in [3.05, 3.63) is 83.4 Å². The number of benzene rings is 3. The second-order valence-electron chi connectivity index (χ2n) is 7.27. The number of primary sulfonamides is 1. The van der Waals surface area contributed by atoms with Crippen LogP contribution in [0.4, 0.5) is 17.6 Å². The van der Waals surface area contributed by atoms with Crippen molar-refractivity contribution < 1.29 is 26.0 Å². The van der Waals surface area contributed by atoms with Gasteiger partial charge in [-0.2, -0.15) is 13.2 Å². The van der Waals surface area contributed by atoms with Gasteiger partial charge in [0.15, 0.2) is 0 Å². The minimum atomic E-state index is -4.76. The zero-order chi connectivity index (χ0) is 23.1. The lowest BCUT2D eigenvalue weighted by Crippen LogP contribution is -2.13. The smallest absolute Gasteiger partial charge is 0.342 e. The van der Waals surface area contributed by atoms with Gasteiger partial charge in [0, 0.05) is 12.0 Å². The van der Waals surface area contributed by atoms with E-state index in [0.29, 0.717) is 40.0 Å². The Balaban J connectivity index is 1.60. The summed E-state index contributed by atoms with van der Waals surface area (Å²) in [6.45, 7) is 0. The highest BCUT2D eigenvalue weighted by Crippen LogP contribution is 2.32. The largest absolute Gasteiger partial charge is 0.419 e. The van der Waals surface area contributed by atoms with Gasteiger partial charge in [-0.15, -0.1) is 0 Å². The normalized spacial score (nSPS) is 12.4. The maximum Gasteiger partial charge on any atom is 0.419 e. The number of sulfonamides is 1. The highest BCUT2D eigenvalue weighted by Gasteiger charge is 2.34. The molecule has 166 valence electrons. The zero-order valence-electron chi connectivity index (χ0n) is 16.4. The standard InChI is InChI=1S/C22H17F4N3O2S/c23-17-8-5-13(11-16(17)22(24,25)26)6-10-21-28-18-9-7-14(12-19(18)29-21)15-3-1-2-4-20(15)32(27,30)31/h1-5,7-9,11-12H,6,10H2,(H,28,29)(H2,27,30,31). The van der Waals surface area contributed by atoms with Gasteiger partial charge in [-0.05, 0) is 47.9 Å². The fourth-order valence-corrected chi connectivity index (χ4v) is 4.27. The minimum absolute atomic E-state index is 0.00383. The Hall–Kier alpha value is -3.24. The van der Waals surface area contributed by atoms with Crippen LogP contribution in [-0.2, 0) is 29.0 Å². The maximum atomic E-state index is 13.5. The Labute approximate surface area is 181 Å². The number of rotatable bonds is 5. The summed E-state index contributed by atoms with van der Waals surface area (Å²) in [6, 6.07) is 14.4. The van der Waals surface area contributed by atoms with Crippen LogP contribution in [0.1, 0.15) is 17.0 Å². The van der Waals surface area contributed by atoms with Gasteiger partial charge in [-0.25, -0.2) is 22.9 Å². The van der Waals surface area contributed by atoms with Gasteiger partial charge in [0.1, 0.15) is 11.6 Å². The fourth-order valence-electron chi connectivity index (χ4n) is 3.51. The van der Waals surface area contributed by atoms with E-state index in [4.69, 9.17) is 5.14 Å². The van der Waals surface area contributed by atoms with Gasteiger partial charge in [0.05, 0.1) is 21.5 Å². The Morgan fingerprint density at radius 3 is 2.44 bits per heavy atom. The molecule has 0 atom stereocenters. The van der Waals surface area contributed by atoms with Crippen LogP contribution in [0, 0.1) is 5.82 Å². The van der Waals surface area contributed by atoms with Crippen LogP contribution in [0.5, 0.6) is 0 Å². The summed E-state index contributed by atoms with van der Waals surface area (Å²) in [7, 11) is -3.92. The van der Waals surface area contributed by atoms with Gasteiger partial charge in [-0.1, -0.05) is 30.3 Å². The number of aromatic nitrogens is 2. The summed E-state index contributed by atoms with van der Waals surface area (Å²) in [5.74, 6) is -0.771. The predicted octanol–water partition coefficient (Wildman–Crippen LogP) is 4.82. The summed E-state index contributed by atoms with van der Waals surface area (Å²) in [6.07, 6.45) is -4.23. The molecule has 5 nitrogen and oxygen atoms in total. The molecular weight excluding hydrogens is 446 g/mol. The first-order chi connectivity index (χ1) is 15.0. The molecule has 0 saturated heterocycles. The molecule has 1 heterocycles. The third kappa shape index (κ3) is 4.51. The number of fused-ring (bicyclic) bond motifs is 1. The zero-order valence-corrected chi connectivity index (χ0v) is 17.3. The van der Waals surface area contributed by atoms with E-state index in [1.54, 1.807) is 36.4 Å². The fraction of sp³-hybridized carbons (Fsp3) is 0.136. The minimum Gasteiger partial charge on any atom is -0.342 e. The molecule has 4 aromatic rings. The van der Waals surface area contributed by atoms with Crippen LogP contribution >= 0.6 is 0 Å². The van der Waals surface area contributed by atoms with E-state index in [0.717, 1.165) is 12.1 Å². The lowest BCUT2D eigenvalue weighted by molar-refractivity contribution is -0.140. The molecule has 1 aromatic heterocycles. The molecule has 32 heavy (non-hydrogen) atoms. The van der Waals surface area contributed by atoms with Gasteiger partial charge in [0.25, 0.3) is 0 Å².